The summed E-state index contributed by atoms with van der Waals surface area (Å²) in [5.74, 6) is 1.01. The van der Waals surface area contributed by atoms with E-state index in [-0.39, 0.29) is 0 Å². The Morgan fingerprint density at radius 3 is 2.33 bits per heavy atom. The molecule has 4 heteroatoms. The van der Waals surface area contributed by atoms with Crippen LogP contribution in [-0.4, -0.2) is 37.4 Å². The number of nitrogens with zero attached hydrogens (tertiary/aromatic N) is 4. The van der Waals surface area contributed by atoms with Crippen molar-refractivity contribution in [3.63, 3.8) is 0 Å². The van der Waals surface area contributed by atoms with Gasteiger partial charge in [-0.15, -0.1) is 10.2 Å². The Morgan fingerprint density at radius 2 is 1.67 bits per heavy atom. The van der Waals surface area contributed by atoms with E-state index in [9.17, 15) is 0 Å². The van der Waals surface area contributed by atoms with Gasteiger partial charge in [0, 0.05) is 32.7 Å². The molecule has 0 radical (unpaired) electrons. The van der Waals surface area contributed by atoms with Gasteiger partial charge < -0.3 is 9.80 Å². The molecular weight excluding hydrogens is 260 g/mol. The number of hydrogen-bond acceptors (Lipinski definition) is 4. The average molecular weight is 282 g/mol. The Hall–Kier alpha value is -2.10. The normalized spacial score (nSPS) is 15.0. The quantitative estimate of drug-likeness (QED) is 0.865. The summed E-state index contributed by atoms with van der Waals surface area (Å²) in [5.41, 5.74) is 3.18. The van der Waals surface area contributed by atoms with Crippen LogP contribution in [0.5, 0.6) is 0 Å². The summed E-state index contributed by atoms with van der Waals surface area (Å²) >= 11 is 0. The van der Waals surface area contributed by atoms with Crippen molar-refractivity contribution in [3.8, 4) is 11.3 Å². The summed E-state index contributed by atoms with van der Waals surface area (Å²) in [6, 6.07) is 12.4. The molecule has 0 bridgehead atoms. The number of anilines is 2. The van der Waals surface area contributed by atoms with Crippen LogP contribution in [0, 0.1) is 0 Å². The zero-order valence-electron chi connectivity index (χ0n) is 12.8. The van der Waals surface area contributed by atoms with Crippen LogP contribution in [0.3, 0.4) is 0 Å². The molecule has 1 fully saturated rings. The second-order valence-electron chi connectivity index (χ2n) is 5.75. The average Bonchev–Trinajstić information content (AvgIpc) is 2.56. The molecule has 1 aliphatic rings. The Bertz CT molecular complexity index is 589. The van der Waals surface area contributed by atoms with E-state index >= 15 is 0 Å². The number of benzene rings is 1. The van der Waals surface area contributed by atoms with Crippen molar-refractivity contribution in [2.24, 2.45) is 0 Å². The van der Waals surface area contributed by atoms with E-state index in [1.807, 2.05) is 18.2 Å². The van der Waals surface area contributed by atoms with Gasteiger partial charge in [-0.2, -0.15) is 0 Å². The largest absolute Gasteiger partial charge is 0.375 e. The van der Waals surface area contributed by atoms with Gasteiger partial charge in [0.2, 0.25) is 0 Å². The van der Waals surface area contributed by atoms with Crippen molar-refractivity contribution in [1.29, 1.82) is 0 Å². The van der Waals surface area contributed by atoms with Crippen molar-refractivity contribution in [3.05, 3.63) is 36.4 Å². The van der Waals surface area contributed by atoms with Crippen molar-refractivity contribution >= 4 is 11.5 Å². The maximum Gasteiger partial charge on any atom is 0.174 e. The van der Waals surface area contributed by atoms with Gasteiger partial charge in [-0.3, -0.25) is 0 Å². The molecule has 0 aliphatic carbocycles. The lowest BCUT2D eigenvalue weighted by atomic mass is 10.1. The monoisotopic (exact) mass is 282 g/mol. The van der Waals surface area contributed by atoms with E-state index in [2.05, 4.69) is 52.3 Å². The van der Waals surface area contributed by atoms with Crippen molar-refractivity contribution in [2.45, 2.75) is 19.3 Å². The molecule has 3 rings (SSSR count). The minimum Gasteiger partial charge on any atom is -0.375 e. The molecule has 0 unspecified atom stereocenters. The first kappa shape index (κ1) is 13.9. The predicted molar refractivity (Wildman–Crippen MR) is 87.9 cm³/mol. The van der Waals surface area contributed by atoms with Gasteiger partial charge in [-0.05, 0) is 25.3 Å². The first-order chi connectivity index (χ1) is 10.3. The first-order valence-corrected chi connectivity index (χ1v) is 7.61. The summed E-state index contributed by atoms with van der Waals surface area (Å²) in [6.07, 6.45) is 3.81. The van der Waals surface area contributed by atoms with Gasteiger partial charge in [-0.1, -0.05) is 30.3 Å². The van der Waals surface area contributed by atoms with Gasteiger partial charge in [0.15, 0.2) is 5.82 Å². The van der Waals surface area contributed by atoms with Crippen molar-refractivity contribution in [2.75, 3.05) is 37.0 Å². The molecule has 0 atom stereocenters. The lowest BCUT2D eigenvalue weighted by Crippen LogP contribution is -2.32. The molecule has 110 valence electrons. The molecule has 0 saturated carbocycles. The summed E-state index contributed by atoms with van der Waals surface area (Å²) in [5, 5.41) is 8.98. The maximum absolute atomic E-state index is 4.53. The second-order valence-corrected chi connectivity index (χ2v) is 5.75. The molecule has 1 aromatic heterocycles. The van der Waals surface area contributed by atoms with E-state index in [0.717, 1.165) is 35.9 Å². The van der Waals surface area contributed by atoms with Crippen LogP contribution in [0.4, 0.5) is 11.5 Å². The third kappa shape index (κ3) is 2.99. The smallest absolute Gasteiger partial charge is 0.174 e. The minimum atomic E-state index is 0.931. The molecule has 21 heavy (non-hydrogen) atoms. The highest BCUT2D eigenvalue weighted by Crippen LogP contribution is 2.30. The first-order valence-electron chi connectivity index (χ1n) is 7.61. The Kier molecular flexibility index (Phi) is 4.04. The van der Waals surface area contributed by atoms with E-state index in [1.54, 1.807) is 0 Å². The standard InChI is InChI=1S/C17H22N4/c1-20(2)16-13-15(14-9-5-3-6-10-14)18-19-17(16)21-11-7-4-8-12-21/h3,5-6,9-10,13H,4,7-8,11-12H2,1-2H3. The molecule has 1 saturated heterocycles. The van der Waals surface area contributed by atoms with E-state index in [1.165, 1.54) is 19.3 Å². The van der Waals surface area contributed by atoms with E-state index < -0.39 is 0 Å². The van der Waals surface area contributed by atoms with Gasteiger partial charge in [0.05, 0.1) is 11.4 Å². The lowest BCUT2D eigenvalue weighted by Gasteiger charge is -2.30. The maximum atomic E-state index is 4.53. The van der Waals surface area contributed by atoms with Crippen LogP contribution >= 0.6 is 0 Å². The van der Waals surface area contributed by atoms with Crippen LogP contribution in [0.2, 0.25) is 0 Å². The Balaban J connectivity index is 1.98. The molecule has 2 heterocycles. The van der Waals surface area contributed by atoms with Gasteiger partial charge in [0.1, 0.15) is 0 Å². The zero-order chi connectivity index (χ0) is 14.7. The number of hydrogen-bond donors (Lipinski definition) is 0. The van der Waals surface area contributed by atoms with Crippen LogP contribution in [-0.2, 0) is 0 Å². The molecule has 1 aliphatic heterocycles. The van der Waals surface area contributed by atoms with Gasteiger partial charge in [-0.25, -0.2) is 0 Å². The molecule has 4 nitrogen and oxygen atoms in total. The highest BCUT2D eigenvalue weighted by atomic mass is 15.3. The molecule has 2 aromatic rings. The number of aromatic nitrogens is 2. The third-order valence-corrected chi connectivity index (χ3v) is 3.96. The molecule has 0 N–H and O–H groups in total. The van der Waals surface area contributed by atoms with Gasteiger partial charge in [0.25, 0.3) is 0 Å². The fraction of sp³-hybridized carbons (Fsp3) is 0.412. The van der Waals surface area contributed by atoms with Crippen LogP contribution in [0.15, 0.2) is 36.4 Å². The highest BCUT2D eigenvalue weighted by molar-refractivity contribution is 5.72. The summed E-state index contributed by atoms with van der Waals surface area (Å²) < 4.78 is 0. The van der Waals surface area contributed by atoms with Crippen molar-refractivity contribution in [1.82, 2.24) is 10.2 Å². The van der Waals surface area contributed by atoms with Crippen LogP contribution in [0.1, 0.15) is 19.3 Å². The molecule has 0 amide bonds. The van der Waals surface area contributed by atoms with Crippen LogP contribution in [0.25, 0.3) is 11.3 Å². The molecule has 1 aromatic carbocycles. The topological polar surface area (TPSA) is 32.3 Å². The summed E-state index contributed by atoms with van der Waals surface area (Å²) in [6.45, 7) is 2.17. The molecule has 0 spiro atoms. The highest BCUT2D eigenvalue weighted by Gasteiger charge is 2.18. The predicted octanol–water partition coefficient (Wildman–Crippen LogP) is 3.20. The zero-order valence-corrected chi connectivity index (χ0v) is 12.8. The van der Waals surface area contributed by atoms with E-state index in [4.69, 9.17) is 0 Å². The Labute approximate surface area is 126 Å². The molecular formula is C17H22N4. The number of piperidine rings is 1. The SMILES string of the molecule is CN(C)c1cc(-c2ccccc2)nnc1N1CCCCC1. The van der Waals surface area contributed by atoms with E-state index in [0.29, 0.717) is 0 Å². The van der Waals surface area contributed by atoms with Crippen molar-refractivity contribution < 1.29 is 0 Å². The lowest BCUT2D eigenvalue weighted by molar-refractivity contribution is 0.571. The second kappa shape index (κ2) is 6.12. The Morgan fingerprint density at radius 1 is 0.952 bits per heavy atom. The third-order valence-electron chi connectivity index (χ3n) is 3.96. The summed E-state index contributed by atoms with van der Waals surface area (Å²) in [4.78, 5) is 4.49. The minimum absolute atomic E-state index is 0.931. The summed E-state index contributed by atoms with van der Waals surface area (Å²) in [7, 11) is 4.14. The fourth-order valence-electron chi connectivity index (χ4n) is 2.79. The van der Waals surface area contributed by atoms with Crippen LogP contribution < -0.4 is 9.80 Å². The van der Waals surface area contributed by atoms with Gasteiger partial charge >= 0.3 is 0 Å². The fourth-order valence-corrected chi connectivity index (χ4v) is 2.79. The number of rotatable bonds is 3.